The number of nitrogens with one attached hydrogen (secondary N) is 1. The van der Waals surface area contributed by atoms with Crippen molar-refractivity contribution in [3.05, 3.63) is 83.9 Å². The molecule has 1 N–H and O–H groups in total. The molecule has 1 heterocycles. The third kappa shape index (κ3) is 4.80. The lowest BCUT2D eigenvalue weighted by atomic mass is 10.1. The average molecular weight is 467 g/mol. The number of anilines is 1. The van der Waals surface area contributed by atoms with Crippen LogP contribution in [0.5, 0.6) is 11.5 Å². The van der Waals surface area contributed by atoms with Crippen LogP contribution in [0.25, 0.3) is 0 Å². The van der Waals surface area contributed by atoms with Crippen LogP contribution in [-0.4, -0.2) is 40.6 Å². The number of carbonyl (C=O) groups excluding carboxylic acids is 1. The number of benzene rings is 3. The maximum atomic E-state index is 13.6. The smallest absolute Gasteiger partial charge is 0.264 e. The highest BCUT2D eigenvalue weighted by molar-refractivity contribution is 7.92. The van der Waals surface area contributed by atoms with E-state index in [9.17, 15) is 13.2 Å². The Morgan fingerprint density at radius 1 is 1.09 bits per heavy atom. The van der Waals surface area contributed by atoms with E-state index in [2.05, 4.69) is 5.32 Å². The Morgan fingerprint density at radius 3 is 2.55 bits per heavy atom. The molecule has 4 rings (SSSR count). The molecule has 8 heteroatoms. The second-order valence-corrected chi connectivity index (χ2v) is 9.63. The molecule has 172 valence electrons. The zero-order chi connectivity index (χ0) is 23.4. The van der Waals surface area contributed by atoms with Crippen LogP contribution in [0.4, 0.5) is 5.69 Å². The molecule has 0 aromatic heterocycles. The van der Waals surface area contributed by atoms with Crippen molar-refractivity contribution in [2.45, 2.75) is 24.3 Å². The number of hydrogen-bond donors (Lipinski definition) is 1. The van der Waals surface area contributed by atoms with Crippen LogP contribution in [0.15, 0.2) is 77.7 Å². The van der Waals surface area contributed by atoms with Crippen molar-refractivity contribution in [1.29, 1.82) is 0 Å². The average Bonchev–Trinajstić information content (AvgIpc) is 2.83. The molecule has 0 fully saturated rings. The quantitative estimate of drug-likeness (QED) is 0.578. The van der Waals surface area contributed by atoms with Crippen molar-refractivity contribution in [3.63, 3.8) is 0 Å². The molecule has 1 amide bonds. The first kappa shape index (κ1) is 22.7. The summed E-state index contributed by atoms with van der Waals surface area (Å²) in [5.41, 5.74) is 2.21. The van der Waals surface area contributed by atoms with Crippen LogP contribution in [0.2, 0.25) is 0 Å². The fraction of sp³-hybridized carbons (Fsp3) is 0.240. The Labute approximate surface area is 194 Å². The van der Waals surface area contributed by atoms with E-state index < -0.39 is 16.1 Å². The summed E-state index contributed by atoms with van der Waals surface area (Å²) < 4.78 is 39.5. The molecule has 1 aliphatic heterocycles. The molecule has 7 nitrogen and oxygen atoms in total. The van der Waals surface area contributed by atoms with Gasteiger partial charge in [0.25, 0.3) is 15.9 Å². The number of sulfonamides is 1. The van der Waals surface area contributed by atoms with Gasteiger partial charge in [-0.1, -0.05) is 42.5 Å². The molecule has 0 aliphatic carbocycles. The molecule has 0 unspecified atom stereocenters. The first-order valence-corrected chi connectivity index (χ1v) is 12.1. The minimum Gasteiger partial charge on any atom is -0.496 e. The lowest BCUT2D eigenvalue weighted by molar-refractivity contribution is -0.127. The van der Waals surface area contributed by atoms with E-state index in [1.807, 2.05) is 30.3 Å². The summed E-state index contributed by atoms with van der Waals surface area (Å²) in [6.45, 7) is 2.09. The number of fused-ring (bicyclic) bond motifs is 1. The van der Waals surface area contributed by atoms with Gasteiger partial charge in [-0.25, -0.2) is 8.42 Å². The first-order chi connectivity index (χ1) is 15.9. The standard InChI is InChI=1S/C25H26N2O5S/c1-18-16-20(12-13-22(18)31-2)33(29,30)27-17-24(32-23-11-7-6-10-21(23)27)25(28)26-15-14-19-8-4-3-5-9-19/h3-13,16,24H,14-15,17H2,1-2H3,(H,26,28)/t24-/m0/s1. The van der Waals surface area contributed by atoms with E-state index in [1.165, 1.54) is 17.5 Å². The van der Waals surface area contributed by atoms with Crippen molar-refractivity contribution in [1.82, 2.24) is 5.32 Å². The lowest BCUT2D eigenvalue weighted by Crippen LogP contribution is -2.51. The number of rotatable bonds is 7. The molecule has 0 spiro atoms. The number of nitrogens with zero attached hydrogens (tertiary/aromatic N) is 1. The highest BCUT2D eigenvalue weighted by Crippen LogP contribution is 2.37. The molecule has 3 aromatic rings. The Kier molecular flexibility index (Phi) is 6.55. The second-order valence-electron chi connectivity index (χ2n) is 7.77. The number of aryl methyl sites for hydroxylation is 1. The number of para-hydroxylation sites is 2. The second kappa shape index (κ2) is 9.54. The third-order valence-corrected chi connectivity index (χ3v) is 7.31. The summed E-state index contributed by atoms with van der Waals surface area (Å²) in [5, 5.41) is 2.87. The largest absolute Gasteiger partial charge is 0.496 e. The van der Waals surface area contributed by atoms with Crippen LogP contribution in [0.3, 0.4) is 0 Å². The summed E-state index contributed by atoms with van der Waals surface area (Å²) in [6, 6.07) is 21.3. The highest BCUT2D eigenvalue weighted by Gasteiger charge is 2.37. The highest BCUT2D eigenvalue weighted by atomic mass is 32.2. The maximum Gasteiger partial charge on any atom is 0.264 e. The summed E-state index contributed by atoms with van der Waals surface area (Å²) in [4.78, 5) is 13.0. The van der Waals surface area contributed by atoms with Crippen molar-refractivity contribution >= 4 is 21.6 Å². The molecule has 0 bridgehead atoms. The van der Waals surface area contributed by atoms with Crippen molar-refractivity contribution in [2.75, 3.05) is 24.5 Å². The molecular weight excluding hydrogens is 440 g/mol. The van der Waals surface area contributed by atoms with Gasteiger partial charge in [0.05, 0.1) is 24.2 Å². The zero-order valence-corrected chi connectivity index (χ0v) is 19.3. The number of ether oxygens (including phenoxy) is 2. The monoisotopic (exact) mass is 466 g/mol. The van der Waals surface area contributed by atoms with Crippen molar-refractivity contribution < 1.29 is 22.7 Å². The fourth-order valence-electron chi connectivity index (χ4n) is 3.79. The SMILES string of the molecule is COc1ccc(S(=O)(=O)N2C[C@@H](C(=O)NCCc3ccccc3)Oc3ccccc32)cc1C. The first-order valence-electron chi connectivity index (χ1n) is 10.6. The van der Waals surface area contributed by atoms with Gasteiger partial charge in [-0.05, 0) is 54.8 Å². The van der Waals surface area contributed by atoms with Crippen LogP contribution < -0.4 is 19.1 Å². The van der Waals surface area contributed by atoms with E-state index in [4.69, 9.17) is 9.47 Å². The van der Waals surface area contributed by atoms with Crippen molar-refractivity contribution in [2.24, 2.45) is 0 Å². The maximum absolute atomic E-state index is 13.6. The van der Waals surface area contributed by atoms with E-state index in [0.717, 1.165) is 5.56 Å². The van der Waals surface area contributed by atoms with Gasteiger partial charge in [-0.3, -0.25) is 9.10 Å². The summed E-state index contributed by atoms with van der Waals surface area (Å²) >= 11 is 0. The fourth-order valence-corrected chi connectivity index (χ4v) is 5.36. The van der Waals surface area contributed by atoms with E-state index in [-0.39, 0.29) is 17.3 Å². The molecular formula is C25H26N2O5S. The molecule has 33 heavy (non-hydrogen) atoms. The van der Waals surface area contributed by atoms with Crippen LogP contribution in [0.1, 0.15) is 11.1 Å². The summed E-state index contributed by atoms with van der Waals surface area (Å²) in [5.74, 6) is 0.597. The van der Waals surface area contributed by atoms with Gasteiger partial charge >= 0.3 is 0 Å². The molecule has 0 saturated carbocycles. The number of hydrogen-bond acceptors (Lipinski definition) is 5. The van der Waals surface area contributed by atoms with Gasteiger partial charge in [-0.15, -0.1) is 0 Å². The van der Waals surface area contributed by atoms with Gasteiger partial charge in [0.1, 0.15) is 11.5 Å². The molecule has 1 aliphatic rings. The van der Waals surface area contributed by atoms with E-state index in [1.54, 1.807) is 43.3 Å². The molecule has 0 saturated heterocycles. The topological polar surface area (TPSA) is 84.9 Å². The Morgan fingerprint density at radius 2 is 1.82 bits per heavy atom. The van der Waals surface area contributed by atoms with Gasteiger partial charge in [-0.2, -0.15) is 0 Å². The zero-order valence-electron chi connectivity index (χ0n) is 18.5. The predicted octanol–water partition coefficient (Wildman–Crippen LogP) is 3.32. The summed E-state index contributed by atoms with van der Waals surface area (Å²) in [6.07, 6.45) is -0.298. The van der Waals surface area contributed by atoms with Crippen LogP contribution in [-0.2, 0) is 21.2 Å². The number of carbonyl (C=O) groups is 1. The minimum atomic E-state index is -3.94. The number of amides is 1. The predicted molar refractivity (Wildman–Crippen MR) is 126 cm³/mol. The van der Waals surface area contributed by atoms with E-state index >= 15 is 0 Å². The van der Waals surface area contributed by atoms with Gasteiger partial charge < -0.3 is 14.8 Å². The molecule has 0 radical (unpaired) electrons. The van der Waals surface area contributed by atoms with E-state index in [0.29, 0.717) is 35.7 Å². The Hall–Kier alpha value is -3.52. The molecule has 1 atom stereocenters. The van der Waals surface area contributed by atoms with Crippen molar-refractivity contribution in [3.8, 4) is 11.5 Å². The third-order valence-electron chi connectivity index (χ3n) is 5.54. The number of methoxy groups -OCH3 is 1. The van der Waals surface area contributed by atoms with Gasteiger partial charge in [0.2, 0.25) is 0 Å². The Bertz CT molecular complexity index is 1240. The minimum absolute atomic E-state index is 0.123. The summed E-state index contributed by atoms with van der Waals surface area (Å²) in [7, 11) is -2.40. The van der Waals surface area contributed by atoms with Gasteiger partial charge in [0.15, 0.2) is 6.10 Å². The lowest BCUT2D eigenvalue weighted by Gasteiger charge is -2.34. The van der Waals surface area contributed by atoms with Crippen LogP contribution in [0, 0.1) is 6.92 Å². The van der Waals surface area contributed by atoms with Gasteiger partial charge in [0, 0.05) is 6.54 Å². The van der Waals surface area contributed by atoms with Crippen LogP contribution >= 0.6 is 0 Å². The normalized spacial score (nSPS) is 15.3. The molecule has 3 aromatic carbocycles. The Balaban J connectivity index is 1.56.